The van der Waals surface area contributed by atoms with Crippen molar-refractivity contribution in [2.24, 2.45) is 0 Å². The van der Waals surface area contributed by atoms with Gasteiger partial charge < -0.3 is 38.4 Å². The number of likely N-dealkylation sites (tertiary alicyclic amines) is 1. The molecule has 0 radical (unpaired) electrons. The van der Waals surface area contributed by atoms with E-state index < -0.39 is 6.09 Å². The van der Waals surface area contributed by atoms with Crippen LogP contribution in [0.4, 0.5) is 4.79 Å². The van der Waals surface area contributed by atoms with E-state index in [1.807, 2.05) is 36.4 Å². The highest BCUT2D eigenvalue weighted by Gasteiger charge is 2.33. The van der Waals surface area contributed by atoms with Crippen LogP contribution in [0.1, 0.15) is 34.8 Å². The van der Waals surface area contributed by atoms with Crippen LogP contribution in [0.2, 0.25) is 0 Å². The van der Waals surface area contributed by atoms with E-state index in [2.05, 4.69) is 41.8 Å². The Morgan fingerprint density at radius 1 is 0.935 bits per heavy atom. The predicted octanol–water partition coefficient (Wildman–Crippen LogP) is 6.98. The molecule has 46 heavy (non-hydrogen) atoms. The molecule has 1 fully saturated rings. The molecule has 0 unspecified atom stereocenters. The first-order valence-electron chi connectivity index (χ1n) is 15.6. The fourth-order valence-corrected chi connectivity index (χ4v) is 6.23. The highest BCUT2D eigenvalue weighted by Crippen LogP contribution is 2.33. The zero-order chi connectivity index (χ0) is 32.1. The van der Waals surface area contributed by atoms with Gasteiger partial charge in [0.15, 0.2) is 0 Å². The molecule has 3 atom stereocenters. The molecule has 0 bridgehead atoms. The van der Waals surface area contributed by atoms with Crippen LogP contribution in [-0.4, -0.2) is 82.0 Å². The molecule has 4 aromatic rings. The van der Waals surface area contributed by atoms with Crippen molar-refractivity contribution in [1.82, 2.24) is 4.90 Å². The van der Waals surface area contributed by atoms with Crippen LogP contribution < -0.4 is 9.47 Å². The Labute approximate surface area is 274 Å². The van der Waals surface area contributed by atoms with Crippen LogP contribution in [0.25, 0.3) is 10.8 Å². The molecule has 10 heteroatoms. The van der Waals surface area contributed by atoms with Crippen molar-refractivity contribution in [2.45, 2.75) is 44.2 Å². The lowest BCUT2D eigenvalue weighted by Crippen LogP contribution is -2.46. The molecule has 1 N–H and O–H groups in total. The van der Waals surface area contributed by atoms with Crippen molar-refractivity contribution in [3.63, 3.8) is 0 Å². The topological polar surface area (TPSA) is 95.9 Å². The molecular formula is C36H43NO8S. The minimum atomic E-state index is -0.922. The van der Waals surface area contributed by atoms with Gasteiger partial charge in [-0.1, -0.05) is 36.4 Å². The number of methoxy groups -OCH3 is 2. The average Bonchev–Trinajstić information content (AvgIpc) is 3.61. The number of thiophene rings is 1. The van der Waals surface area contributed by atoms with E-state index in [4.69, 9.17) is 28.4 Å². The monoisotopic (exact) mass is 649 g/mol. The number of ether oxygens (including phenoxy) is 6. The Hall–Kier alpha value is -3.67. The summed E-state index contributed by atoms with van der Waals surface area (Å²) in [6, 6.07) is 24.4. The number of hydrogen-bond donors (Lipinski definition) is 1. The fraction of sp³-hybridized carbons (Fsp3) is 0.417. The minimum absolute atomic E-state index is 0.0663. The normalized spacial score (nSPS) is 17.2. The number of piperidine rings is 1. The van der Waals surface area contributed by atoms with Gasteiger partial charge in [-0.05, 0) is 70.1 Å². The Kier molecular flexibility index (Phi) is 12.7. The Morgan fingerprint density at radius 3 is 2.52 bits per heavy atom. The van der Waals surface area contributed by atoms with Crippen LogP contribution in [-0.2, 0) is 32.2 Å². The summed E-state index contributed by atoms with van der Waals surface area (Å²) in [6.07, 6.45) is 0.138. The Bertz CT molecular complexity index is 1500. The van der Waals surface area contributed by atoms with Gasteiger partial charge in [0.1, 0.15) is 24.2 Å². The molecule has 1 aromatic heterocycles. The van der Waals surface area contributed by atoms with Gasteiger partial charge in [-0.3, -0.25) is 0 Å². The number of carboxylic acid groups (broad SMARTS) is 1. The van der Waals surface area contributed by atoms with E-state index in [1.165, 1.54) is 9.78 Å². The van der Waals surface area contributed by atoms with Gasteiger partial charge in [-0.15, -0.1) is 11.3 Å². The zero-order valence-electron chi connectivity index (χ0n) is 26.5. The number of amides is 1. The van der Waals surface area contributed by atoms with Crippen LogP contribution in [0, 0.1) is 0 Å². The SMILES string of the molecule is COC[C@@H](COc1ccc2ccc(CO[C@H]3CN(C(=O)O)CC[C@@H]3c3ccc(OCCCOCc4cccs4)cc3)cc2c1)OC. The lowest BCUT2D eigenvalue weighted by Gasteiger charge is -2.37. The van der Waals surface area contributed by atoms with E-state index in [0.717, 1.165) is 39.8 Å². The third-order valence-electron chi connectivity index (χ3n) is 8.13. The first-order valence-corrected chi connectivity index (χ1v) is 16.5. The molecule has 9 nitrogen and oxygen atoms in total. The standard InChI is InChI=1S/C36H43NO8S/c1-40-23-32(41-2)24-44-31-13-8-27-7-6-26(19-29(27)20-31)22-45-35-21-37(36(38)39)15-14-34(35)28-9-11-30(12-10-28)43-17-4-16-42-25-33-5-3-18-46-33/h3,5-13,18-20,32,34-35H,4,14-17,21-25H2,1-2H3,(H,38,39)/t32-,34+,35-/m0/s1. The maximum Gasteiger partial charge on any atom is 0.407 e. The summed E-state index contributed by atoms with van der Waals surface area (Å²) in [5.74, 6) is 1.62. The van der Waals surface area contributed by atoms with Crippen molar-refractivity contribution in [2.75, 3.05) is 53.7 Å². The average molecular weight is 650 g/mol. The van der Waals surface area contributed by atoms with Crippen molar-refractivity contribution in [3.05, 3.63) is 94.2 Å². The largest absolute Gasteiger partial charge is 0.494 e. The second-order valence-corrected chi connectivity index (χ2v) is 12.4. The van der Waals surface area contributed by atoms with Crippen LogP contribution in [0.15, 0.2) is 78.2 Å². The zero-order valence-corrected chi connectivity index (χ0v) is 27.3. The molecular weight excluding hydrogens is 606 g/mol. The Morgan fingerprint density at radius 2 is 1.76 bits per heavy atom. The highest BCUT2D eigenvalue weighted by molar-refractivity contribution is 7.09. The van der Waals surface area contributed by atoms with Crippen LogP contribution >= 0.6 is 11.3 Å². The molecule has 246 valence electrons. The minimum Gasteiger partial charge on any atom is -0.494 e. The molecule has 0 saturated carbocycles. The summed E-state index contributed by atoms with van der Waals surface area (Å²) in [4.78, 5) is 14.5. The van der Waals surface area contributed by atoms with E-state index in [9.17, 15) is 9.90 Å². The molecule has 1 saturated heterocycles. The number of hydrogen-bond acceptors (Lipinski definition) is 8. The van der Waals surface area contributed by atoms with Crippen LogP contribution in [0.3, 0.4) is 0 Å². The number of fused-ring (bicyclic) bond motifs is 1. The van der Waals surface area contributed by atoms with Gasteiger partial charge in [0.05, 0.1) is 45.7 Å². The maximum atomic E-state index is 11.8. The lowest BCUT2D eigenvalue weighted by molar-refractivity contribution is -0.0199. The highest BCUT2D eigenvalue weighted by atomic mass is 32.1. The summed E-state index contributed by atoms with van der Waals surface area (Å²) in [5, 5.41) is 13.9. The summed E-state index contributed by atoms with van der Waals surface area (Å²) >= 11 is 1.70. The summed E-state index contributed by atoms with van der Waals surface area (Å²) < 4.78 is 34.7. The van der Waals surface area contributed by atoms with Crippen molar-refractivity contribution in [1.29, 1.82) is 0 Å². The molecule has 1 aliphatic heterocycles. The van der Waals surface area contributed by atoms with Gasteiger partial charge in [0.2, 0.25) is 0 Å². The maximum absolute atomic E-state index is 11.8. The molecule has 2 heterocycles. The Balaban J connectivity index is 1.17. The molecule has 0 aliphatic carbocycles. The van der Waals surface area contributed by atoms with E-state index in [-0.39, 0.29) is 18.1 Å². The second kappa shape index (κ2) is 17.3. The molecule has 1 amide bonds. The summed E-state index contributed by atoms with van der Waals surface area (Å²) in [5.41, 5.74) is 2.12. The van der Waals surface area contributed by atoms with E-state index >= 15 is 0 Å². The van der Waals surface area contributed by atoms with Crippen molar-refractivity contribution in [3.8, 4) is 11.5 Å². The van der Waals surface area contributed by atoms with Gasteiger partial charge in [-0.2, -0.15) is 0 Å². The third kappa shape index (κ3) is 9.67. The third-order valence-corrected chi connectivity index (χ3v) is 8.98. The van der Waals surface area contributed by atoms with Crippen molar-refractivity contribution >= 4 is 28.2 Å². The first-order chi connectivity index (χ1) is 22.5. The molecule has 3 aromatic carbocycles. The number of carbonyl (C=O) groups is 1. The van der Waals surface area contributed by atoms with Gasteiger partial charge in [0.25, 0.3) is 0 Å². The molecule has 1 aliphatic rings. The first kappa shape index (κ1) is 33.7. The van der Waals surface area contributed by atoms with Gasteiger partial charge in [-0.25, -0.2) is 4.79 Å². The number of nitrogens with zero attached hydrogens (tertiary/aromatic N) is 1. The van der Waals surface area contributed by atoms with E-state index in [1.54, 1.807) is 25.6 Å². The van der Waals surface area contributed by atoms with Gasteiger partial charge >= 0.3 is 6.09 Å². The predicted molar refractivity (Wildman–Crippen MR) is 178 cm³/mol. The van der Waals surface area contributed by atoms with Gasteiger partial charge in [0, 0.05) is 38.0 Å². The van der Waals surface area contributed by atoms with Crippen molar-refractivity contribution < 1.29 is 38.3 Å². The smallest absolute Gasteiger partial charge is 0.407 e. The quantitative estimate of drug-likeness (QED) is 0.123. The second-order valence-electron chi connectivity index (χ2n) is 11.3. The molecule has 5 rings (SSSR count). The summed E-state index contributed by atoms with van der Waals surface area (Å²) in [6.45, 7) is 3.86. The number of benzene rings is 3. The lowest BCUT2D eigenvalue weighted by atomic mass is 9.87. The summed E-state index contributed by atoms with van der Waals surface area (Å²) in [7, 11) is 3.28. The fourth-order valence-electron chi connectivity index (χ4n) is 5.59. The molecule has 0 spiro atoms. The van der Waals surface area contributed by atoms with E-state index in [0.29, 0.717) is 59.2 Å². The number of rotatable bonds is 17. The van der Waals surface area contributed by atoms with Crippen LogP contribution in [0.5, 0.6) is 11.5 Å².